The van der Waals surface area contributed by atoms with Crippen LogP contribution in [0.2, 0.25) is 0 Å². The van der Waals surface area contributed by atoms with Crippen LogP contribution in [0.3, 0.4) is 0 Å². The molecule has 0 saturated carbocycles. The van der Waals surface area contributed by atoms with Gasteiger partial charge in [-0.05, 0) is 44.4 Å². The largest absolute Gasteiger partial charge is 0.357 e. The average Bonchev–Trinajstić information content (AvgIpc) is 2.68. The Kier molecular flexibility index (Phi) is 9.80. The van der Waals surface area contributed by atoms with Gasteiger partial charge in [-0.3, -0.25) is 9.68 Å². The Balaban J connectivity index is 0.00000190. The summed E-state index contributed by atoms with van der Waals surface area (Å²) in [5.41, 5.74) is 3.80. The molecule has 0 aliphatic rings. The second-order valence-electron chi connectivity index (χ2n) is 6.28. The Bertz CT molecular complexity index is 783. The average molecular weight is 406 g/mol. The summed E-state index contributed by atoms with van der Waals surface area (Å²) in [7, 11) is 2.04. The van der Waals surface area contributed by atoms with Crippen LogP contribution in [0.5, 0.6) is 0 Å². The molecule has 2 aromatic carbocycles. The standard InChI is InChI=1S/C21H24O5.H3OP/c1-13-11-14(2)18(15(3)12-13)20(22)19(17-9-7-6-8-10-17)21(23)26-25-16(4)24-5;1-2/h6-12,16,19H,1-5H3;2H3. The van der Waals surface area contributed by atoms with Crippen molar-refractivity contribution in [3.63, 3.8) is 0 Å². The van der Waals surface area contributed by atoms with Crippen molar-refractivity contribution in [1.29, 1.82) is 0 Å². The number of Topliss-reactive ketones (excluding diaryl/α,β-unsaturated/α-hetero) is 1. The van der Waals surface area contributed by atoms with Crippen LogP contribution in [0.1, 0.15) is 45.5 Å². The molecule has 152 valence electrons. The second-order valence-corrected chi connectivity index (χ2v) is 6.28. The van der Waals surface area contributed by atoms with Gasteiger partial charge in [-0.15, -0.1) is 0 Å². The van der Waals surface area contributed by atoms with E-state index in [4.69, 9.17) is 19.1 Å². The third kappa shape index (κ3) is 6.13. The molecule has 0 spiro atoms. The number of carbonyl (C=O) groups excluding carboxylic acids is 2. The highest BCUT2D eigenvalue weighted by atomic mass is 31.0. The quantitative estimate of drug-likeness (QED) is 0.173. The van der Waals surface area contributed by atoms with Crippen molar-refractivity contribution in [3.05, 3.63) is 70.3 Å². The molecule has 0 aliphatic heterocycles. The summed E-state index contributed by atoms with van der Waals surface area (Å²) in [5, 5.41) is 0. The lowest BCUT2D eigenvalue weighted by Crippen LogP contribution is -2.27. The minimum atomic E-state index is -1.11. The number of carbonyl (C=O) groups is 2. The van der Waals surface area contributed by atoms with Gasteiger partial charge in [-0.25, -0.2) is 4.79 Å². The molecule has 0 radical (unpaired) electrons. The van der Waals surface area contributed by atoms with E-state index in [9.17, 15) is 9.59 Å². The van der Waals surface area contributed by atoms with E-state index in [0.29, 0.717) is 20.2 Å². The van der Waals surface area contributed by atoms with Gasteiger partial charge >= 0.3 is 5.97 Å². The molecule has 2 rings (SSSR count). The van der Waals surface area contributed by atoms with E-state index >= 15 is 0 Å². The highest BCUT2D eigenvalue weighted by Gasteiger charge is 2.33. The minimum absolute atomic E-state index is 0.315. The molecule has 6 nitrogen and oxygen atoms in total. The fourth-order valence-corrected chi connectivity index (χ4v) is 2.96. The van der Waals surface area contributed by atoms with Gasteiger partial charge in [0.15, 0.2) is 12.1 Å². The summed E-state index contributed by atoms with van der Waals surface area (Å²) >= 11 is 0. The first-order valence-electron chi connectivity index (χ1n) is 8.71. The predicted octanol–water partition coefficient (Wildman–Crippen LogP) is 3.98. The van der Waals surface area contributed by atoms with E-state index in [1.54, 1.807) is 31.2 Å². The Morgan fingerprint density at radius 1 is 0.964 bits per heavy atom. The number of rotatable bonds is 7. The minimum Gasteiger partial charge on any atom is -0.352 e. The molecule has 0 N–H and O–H groups in total. The maximum Gasteiger partial charge on any atom is 0.357 e. The number of benzene rings is 2. The third-order valence-electron chi connectivity index (χ3n) is 4.15. The summed E-state index contributed by atoms with van der Waals surface area (Å²) < 4.78 is 13.2. The van der Waals surface area contributed by atoms with Crippen LogP contribution in [0.15, 0.2) is 42.5 Å². The SMILES string of the molecule is COC(C)OOC(=O)C(C(=O)c1c(C)cc(C)cc1C)c1ccccc1.O=[PH3]. The number of ketones is 1. The highest BCUT2D eigenvalue weighted by molar-refractivity contribution is 7.00. The van der Waals surface area contributed by atoms with Crippen molar-refractivity contribution in [1.82, 2.24) is 0 Å². The molecule has 3 atom stereocenters. The van der Waals surface area contributed by atoms with Gasteiger partial charge in [0.25, 0.3) is 0 Å². The van der Waals surface area contributed by atoms with Gasteiger partial charge < -0.3 is 9.30 Å². The lowest BCUT2D eigenvalue weighted by atomic mass is 9.86. The van der Waals surface area contributed by atoms with Crippen molar-refractivity contribution in [3.8, 4) is 0 Å². The fourth-order valence-electron chi connectivity index (χ4n) is 2.96. The molecule has 0 fully saturated rings. The molecular weight excluding hydrogens is 379 g/mol. The molecule has 28 heavy (non-hydrogen) atoms. The van der Waals surface area contributed by atoms with Crippen LogP contribution in [0.4, 0.5) is 0 Å². The first-order chi connectivity index (χ1) is 13.3. The maximum atomic E-state index is 13.3. The van der Waals surface area contributed by atoms with Crippen molar-refractivity contribution < 1.29 is 28.7 Å². The number of hydrogen-bond donors (Lipinski definition) is 0. The number of ether oxygens (including phenoxy) is 1. The zero-order valence-corrected chi connectivity index (χ0v) is 18.3. The van der Waals surface area contributed by atoms with E-state index in [1.165, 1.54) is 7.11 Å². The summed E-state index contributed by atoms with van der Waals surface area (Å²) in [6, 6.07) is 12.7. The summed E-state index contributed by atoms with van der Waals surface area (Å²) in [6.45, 7) is 7.28. The van der Waals surface area contributed by atoms with Gasteiger partial charge in [0.1, 0.15) is 5.92 Å². The van der Waals surface area contributed by atoms with Crippen LogP contribution in [0, 0.1) is 20.8 Å². The lowest BCUT2D eigenvalue weighted by molar-refractivity contribution is -0.342. The van der Waals surface area contributed by atoms with Crippen molar-refractivity contribution in [2.75, 3.05) is 7.11 Å². The molecular formula is C21H27O6P. The van der Waals surface area contributed by atoms with Crippen LogP contribution in [-0.2, 0) is 23.9 Å². The Hall–Kier alpha value is -2.27. The monoisotopic (exact) mass is 406 g/mol. The number of methoxy groups -OCH3 is 1. The van der Waals surface area contributed by atoms with Gasteiger partial charge in [0, 0.05) is 12.7 Å². The normalized spacial score (nSPS) is 12.5. The highest BCUT2D eigenvalue weighted by Crippen LogP contribution is 2.27. The van der Waals surface area contributed by atoms with Crippen LogP contribution in [-0.4, -0.2) is 25.2 Å². The number of aryl methyl sites for hydroxylation is 3. The third-order valence-corrected chi connectivity index (χ3v) is 4.15. The molecule has 0 heterocycles. The van der Waals surface area contributed by atoms with Gasteiger partial charge in [0.05, 0.1) is 9.12 Å². The number of hydrogen-bond acceptors (Lipinski definition) is 6. The van der Waals surface area contributed by atoms with E-state index in [-0.39, 0.29) is 5.78 Å². The molecule has 0 aliphatic carbocycles. The lowest BCUT2D eigenvalue weighted by Gasteiger charge is -2.18. The molecule has 3 unspecified atom stereocenters. The van der Waals surface area contributed by atoms with E-state index in [1.807, 2.05) is 39.0 Å². The Morgan fingerprint density at radius 3 is 2.00 bits per heavy atom. The van der Waals surface area contributed by atoms with E-state index in [2.05, 4.69) is 0 Å². The molecule has 0 aromatic heterocycles. The molecule has 2 aromatic rings. The zero-order valence-electron chi connectivity index (χ0n) is 16.9. The Labute approximate surface area is 167 Å². The van der Waals surface area contributed by atoms with Gasteiger partial charge in [0.2, 0.25) is 0 Å². The summed E-state index contributed by atoms with van der Waals surface area (Å²) in [6.07, 6.45) is -0.728. The van der Waals surface area contributed by atoms with E-state index < -0.39 is 18.2 Å². The molecule has 0 saturated heterocycles. The molecule has 0 amide bonds. The van der Waals surface area contributed by atoms with Crippen LogP contribution >= 0.6 is 9.12 Å². The summed E-state index contributed by atoms with van der Waals surface area (Å²) in [5.74, 6) is -2.20. The van der Waals surface area contributed by atoms with E-state index in [0.717, 1.165) is 16.7 Å². The van der Waals surface area contributed by atoms with Crippen molar-refractivity contribution >= 4 is 20.9 Å². The Morgan fingerprint density at radius 2 is 1.50 bits per heavy atom. The van der Waals surface area contributed by atoms with Crippen molar-refractivity contribution in [2.24, 2.45) is 0 Å². The first-order valence-corrected chi connectivity index (χ1v) is 9.28. The summed E-state index contributed by atoms with van der Waals surface area (Å²) in [4.78, 5) is 35.7. The second kappa shape index (κ2) is 11.5. The van der Waals surface area contributed by atoms with Crippen LogP contribution in [0.25, 0.3) is 0 Å². The zero-order chi connectivity index (χ0) is 21.3. The molecule has 0 bridgehead atoms. The topological polar surface area (TPSA) is 78.9 Å². The van der Waals surface area contributed by atoms with Crippen LogP contribution < -0.4 is 0 Å². The smallest absolute Gasteiger partial charge is 0.352 e. The maximum absolute atomic E-state index is 13.3. The first kappa shape index (κ1) is 23.8. The van der Waals surface area contributed by atoms with Gasteiger partial charge in [-0.2, -0.15) is 4.89 Å². The molecule has 7 heteroatoms. The van der Waals surface area contributed by atoms with Crippen molar-refractivity contribution in [2.45, 2.75) is 39.9 Å². The van der Waals surface area contributed by atoms with Gasteiger partial charge in [-0.1, -0.05) is 48.0 Å². The fraction of sp³-hybridized carbons (Fsp3) is 0.333. The predicted molar refractivity (Wildman–Crippen MR) is 110 cm³/mol.